The summed E-state index contributed by atoms with van der Waals surface area (Å²) in [6.07, 6.45) is -1.04. The van der Waals surface area contributed by atoms with E-state index in [1.54, 1.807) is 13.0 Å². The van der Waals surface area contributed by atoms with Gasteiger partial charge in [-0.2, -0.15) is 0 Å². The number of aliphatic hydroxyl groups is 1. The zero-order chi connectivity index (χ0) is 11.4. The fourth-order valence-electron chi connectivity index (χ4n) is 1.46. The Labute approximate surface area is 87.2 Å². The van der Waals surface area contributed by atoms with Crippen LogP contribution in [-0.2, 0) is 4.79 Å². The van der Waals surface area contributed by atoms with Crippen LogP contribution < -0.4 is 0 Å². The van der Waals surface area contributed by atoms with E-state index >= 15 is 0 Å². The molecule has 0 aliphatic rings. The third-order valence-electron chi connectivity index (χ3n) is 2.36. The molecule has 82 valence electrons. The van der Waals surface area contributed by atoms with Crippen LogP contribution in [0.4, 0.5) is 4.39 Å². The van der Waals surface area contributed by atoms with Crippen LogP contribution in [0, 0.1) is 11.7 Å². The maximum Gasteiger partial charge on any atom is 0.309 e. The number of halogens is 1. The van der Waals surface area contributed by atoms with E-state index in [2.05, 4.69) is 0 Å². The molecule has 2 N–H and O–H groups in total. The van der Waals surface area contributed by atoms with Crippen molar-refractivity contribution in [3.63, 3.8) is 0 Å². The number of benzene rings is 1. The number of hydrogen-bond donors (Lipinski definition) is 2. The van der Waals surface area contributed by atoms with Gasteiger partial charge in [-0.15, -0.1) is 0 Å². The van der Waals surface area contributed by atoms with E-state index in [1.807, 2.05) is 0 Å². The average Bonchev–Trinajstić information content (AvgIpc) is 2.18. The van der Waals surface area contributed by atoms with Crippen molar-refractivity contribution >= 4 is 5.97 Å². The Kier molecular flexibility index (Phi) is 3.80. The minimum atomic E-state index is -1.30. The molecular weight excluding hydrogens is 199 g/mol. The summed E-state index contributed by atoms with van der Waals surface area (Å²) in [5.41, 5.74) is 0.0340. The van der Waals surface area contributed by atoms with Gasteiger partial charge >= 0.3 is 5.97 Å². The van der Waals surface area contributed by atoms with Crippen LogP contribution in [0.2, 0.25) is 0 Å². The van der Waals surface area contributed by atoms with Crippen LogP contribution in [0.15, 0.2) is 24.3 Å². The molecular formula is C11H13FO3. The van der Waals surface area contributed by atoms with Gasteiger partial charge in [0.1, 0.15) is 5.82 Å². The van der Waals surface area contributed by atoms with E-state index in [9.17, 15) is 14.3 Å². The third-order valence-corrected chi connectivity index (χ3v) is 2.36. The molecule has 1 aromatic rings. The van der Waals surface area contributed by atoms with Gasteiger partial charge in [0.15, 0.2) is 0 Å². The molecule has 3 nitrogen and oxygen atoms in total. The fourth-order valence-corrected chi connectivity index (χ4v) is 1.46. The van der Waals surface area contributed by atoms with Gasteiger partial charge in [-0.25, -0.2) is 4.39 Å². The van der Waals surface area contributed by atoms with Crippen molar-refractivity contribution < 1.29 is 19.4 Å². The quantitative estimate of drug-likeness (QED) is 0.802. The highest BCUT2D eigenvalue weighted by atomic mass is 19.1. The summed E-state index contributed by atoms with van der Waals surface area (Å²) < 4.78 is 13.2. The van der Waals surface area contributed by atoms with Gasteiger partial charge in [-0.1, -0.05) is 25.1 Å². The zero-order valence-corrected chi connectivity index (χ0v) is 8.35. The average molecular weight is 212 g/mol. The second kappa shape index (κ2) is 4.89. The lowest BCUT2D eigenvalue weighted by molar-refractivity contribution is -0.146. The molecule has 0 aliphatic heterocycles. The summed E-state index contributed by atoms with van der Waals surface area (Å²) in [5.74, 6) is -2.67. The van der Waals surface area contributed by atoms with Crippen molar-refractivity contribution in [1.82, 2.24) is 0 Å². The Bertz CT molecular complexity index is 351. The number of aliphatic hydroxyl groups excluding tert-OH is 1. The van der Waals surface area contributed by atoms with E-state index in [1.165, 1.54) is 18.2 Å². The summed E-state index contributed by atoms with van der Waals surface area (Å²) in [6, 6.07) is 5.65. The van der Waals surface area contributed by atoms with Gasteiger partial charge in [0.25, 0.3) is 0 Å². The Morgan fingerprint density at radius 1 is 1.47 bits per heavy atom. The van der Waals surface area contributed by atoms with E-state index in [-0.39, 0.29) is 12.0 Å². The lowest BCUT2D eigenvalue weighted by atomic mass is 9.93. The molecule has 0 saturated carbocycles. The highest BCUT2D eigenvalue weighted by molar-refractivity contribution is 5.71. The van der Waals surface area contributed by atoms with Crippen molar-refractivity contribution in [2.75, 3.05) is 0 Å². The summed E-state index contributed by atoms with van der Waals surface area (Å²) in [4.78, 5) is 10.8. The van der Waals surface area contributed by atoms with Crippen LogP contribution in [0.5, 0.6) is 0 Å². The van der Waals surface area contributed by atoms with Gasteiger partial charge in [0.05, 0.1) is 12.0 Å². The van der Waals surface area contributed by atoms with E-state index < -0.39 is 23.8 Å². The predicted octanol–water partition coefficient (Wildman–Crippen LogP) is 1.97. The number of carboxylic acid groups (broad SMARTS) is 1. The number of aliphatic carboxylic acids is 1. The van der Waals surface area contributed by atoms with Crippen LogP contribution in [0.1, 0.15) is 25.0 Å². The molecule has 0 heterocycles. The second-order valence-electron chi connectivity index (χ2n) is 3.32. The van der Waals surface area contributed by atoms with Gasteiger partial charge in [-0.05, 0) is 12.5 Å². The maximum atomic E-state index is 13.2. The molecule has 0 fully saturated rings. The maximum absolute atomic E-state index is 13.2. The summed E-state index contributed by atoms with van der Waals surface area (Å²) in [7, 11) is 0. The number of rotatable bonds is 4. The summed E-state index contributed by atoms with van der Waals surface area (Å²) >= 11 is 0. The molecule has 4 heteroatoms. The van der Waals surface area contributed by atoms with Crippen molar-refractivity contribution in [1.29, 1.82) is 0 Å². The number of hydrogen-bond acceptors (Lipinski definition) is 2. The van der Waals surface area contributed by atoms with Crippen molar-refractivity contribution in [2.45, 2.75) is 19.4 Å². The third kappa shape index (κ3) is 2.53. The van der Waals surface area contributed by atoms with Crippen LogP contribution in [0.25, 0.3) is 0 Å². The van der Waals surface area contributed by atoms with Gasteiger partial charge in [0, 0.05) is 5.56 Å². The molecule has 0 unspecified atom stereocenters. The standard InChI is InChI=1S/C11H13FO3/c1-2-7(11(14)15)10(13)8-5-3-4-6-9(8)12/h3-7,10,13H,2H2,1H3,(H,14,15)/t7-,10+/m1/s1. The first-order chi connectivity index (χ1) is 7.07. The molecule has 1 rings (SSSR count). The monoisotopic (exact) mass is 212 g/mol. The highest BCUT2D eigenvalue weighted by Crippen LogP contribution is 2.26. The molecule has 15 heavy (non-hydrogen) atoms. The molecule has 0 saturated heterocycles. The first-order valence-corrected chi connectivity index (χ1v) is 4.73. The van der Waals surface area contributed by atoms with Crippen molar-refractivity contribution in [3.05, 3.63) is 35.6 Å². The first-order valence-electron chi connectivity index (χ1n) is 4.73. The van der Waals surface area contributed by atoms with E-state index in [4.69, 9.17) is 5.11 Å². The van der Waals surface area contributed by atoms with Crippen LogP contribution in [-0.4, -0.2) is 16.2 Å². The van der Waals surface area contributed by atoms with Gasteiger partial charge in [-0.3, -0.25) is 4.79 Å². The van der Waals surface area contributed by atoms with Crippen LogP contribution >= 0.6 is 0 Å². The topological polar surface area (TPSA) is 57.5 Å². The SMILES string of the molecule is CC[C@@H](C(=O)O)[C@H](O)c1ccccc1F. The first kappa shape index (κ1) is 11.7. The second-order valence-corrected chi connectivity index (χ2v) is 3.32. The largest absolute Gasteiger partial charge is 0.481 e. The number of carboxylic acids is 1. The summed E-state index contributed by atoms with van der Waals surface area (Å²) in [6.45, 7) is 1.64. The van der Waals surface area contributed by atoms with E-state index in [0.29, 0.717) is 0 Å². The van der Waals surface area contributed by atoms with E-state index in [0.717, 1.165) is 0 Å². The molecule has 0 aromatic heterocycles. The molecule has 0 aliphatic carbocycles. The molecule has 2 atom stereocenters. The Hall–Kier alpha value is -1.42. The van der Waals surface area contributed by atoms with Gasteiger partial charge < -0.3 is 10.2 Å². The van der Waals surface area contributed by atoms with Crippen LogP contribution in [0.3, 0.4) is 0 Å². The number of carbonyl (C=O) groups is 1. The Balaban J connectivity index is 2.97. The molecule has 0 radical (unpaired) electrons. The fraction of sp³-hybridized carbons (Fsp3) is 0.364. The minimum absolute atomic E-state index is 0.0340. The summed E-state index contributed by atoms with van der Waals surface area (Å²) in [5, 5.41) is 18.5. The molecule has 0 spiro atoms. The minimum Gasteiger partial charge on any atom is -0.481 e. The predicted molar refractivity (Wildman–Crippen MR) is 52.8 cm³/mol. The van der Waals surface area contributed by atoms with Crippen molar-refractivity contribution in [2.24, 2.45) is 5.92 Å². The lowest BCUT2D eigenvalue weighted by Gasteiger charge is -2.18. The Morgan fingerprint density at radius 3 is 2.53 bits per heavy atom. The highest BCUT2D eigenvalue weighted by Gasteiger charge is 2.27. The lowest BCUT2D eigenvalue weighted by Crippen LogP contribution is -2.21. The molecule has 1 aromatic carbocycles. The Morgan fingerprint density at radius 2 is 2.07 bits per heavy atom. The smallest absolute Gasteiger partial charge is 0.309 e. The van der Waals surface area contributed by atoms with Gasteiger partial charge in [0.2, 0.25) is 0 Å². The normalized spacial score (nSPS) is 14.6. The zero-order valence-electron chi connectivity index (χ0n) is 8.35. The molecule has 0 bridgehead atoms. The van der Waals surface area contributed by atoms with Crippen molar-refractivity contribution in [3.8, 4) is 0 Å². The molecule has 0 amide bonds.